The van der Waals surface area contributed by atoms with Gasteiger partial charge in [0, 0.05) is 23.9 Å². The van der Waals surface area contributed by atoms with Crippen molar-refractivity contribution in [3.63, 3.8) is 0 Å². The van der Waals surface area contributed by atoms with E-state index in [9.17, 15) is 9.90 Å². The minimum absolute atomic E-state index is 0.170. The standard InChI is InChI=1S/C23H27N5O3/c1-28(2)12-4-11-25-23(30)19-10-7-17(13-21(19)31-3)26-22-15-24-14-20(27-22)16-5-8-18(29)9-6-16/h5-10,13-15,29H,4,11-12H2,1-3H3,(H,25,30)(H,26,27). The quantitative estimate of drug-likeness (QED) is 0.456. The fraction of sp³-hybridized carbons (Fsp3) is 0.261. The third-order valence-corrected chi connectivity index (χ3v) is 4.58. The highest BCUT2D eigenvalue weighted by atomic mass is 16.5. The molecule has 8 nitrogen and oxygen atoms in total. The maximum Gasteiger partial charge on any atom is 0.255 e. The second-order valence-corrected chi connectivity index (χ2v) is 7.29. The number of hydrogen-bond donors (Lipinski definition) is 3. The van der Waals surface area contributed by atoms with Gasteiger partial charge in [0.05, 0.1) is 30.8 Å². The lowest BCUT2D eigenvalue weighted by molar-refractivity contribution is 0.0949. The molecule has 3 aromatic rings. The summed E-state index contributed by atoms with van der Waals surface area (Å²) in [6, 6.07) is 12.0. The fourth-order valence-electron chi connectivity index (χ4n) is 2.99. The number of nitrogens with zero attached hydrogens (tertiary/aromatic N) is 3. The van der Waals surface area contributed by atoms with Crippen molar-refractivity contribution in [2.24, 2.45) is 0 Å². The molecule has 3 N–H and O–H groups in total. The Kier molecular flexibility index (Phi) is 7.40. The van der Waals surface area contributed by atoms with Crippen LogP contribution < -0.4 is 15.4 Å². The highest BCUT2D eigenvalue weighted by Crippen LogP contribution is 2.26. The summed E-state index contributed by atoms with van der Waals surface area (Å²) < 4.78 is 5.42. The van der Waals surface area contributed by atoms with E-state index in [-0.39, 0.29) is 11.7 Å². The van der Waals surface area contributed by atoms with Gasteiger partial charge in [-0.05, 0) is 63.5 Å². The second kappa shape index (κ2) is 10.4. The SMILES string of the molecule is COc1cc(Nc2cncc(-c3ccc(O)cc3)n2)ccc1C(=O)NCCCN(C)C. The van der Waals surface area contributed by atoms with Crippen LogP contribution in [0.1, 0.15) is 16.8 Å². The number of benzene rings is 2. The van der Waals surface area contributed by atoms with Gasteiger partial charge in [-0.25, -0.2) is 4.98 Å². The second-order valence-electron chi connectivity index (χ2n) is 7.29. The number of carbonyl (C=O) groups excluding carboxylic acids is 1. The van der Waals surface area contributed by atoms with Gasteiger partial charge in [0.25, 0.3) is 5.91 Å². The number of nitrogens with one attached hydrogen (secondary N) is 2. The lowest BCUT2D eigenvalue weighted by atomic mass is 10.1. The van der Waals surface area contributed by atoms with Gasteiger partial charge in [0.2, 0.25) is 0 Å². The average Bonchev–Trinajstić information content (AvgIpc) is 2.77. The van der Waals surface area contributed by atoms with Gasteiger partial charge in [-0.15, -0.1) is 0 Å². The molecule has 0 saturated carbocycles. The number of phenols is 1. The topological polar surface area (TPSA) is 99.6 Å². The normalized spacial score (nSPS) is 10.7. The van der Waals surface area contributed by atoms with Crippen LogP contribution in [0.3, 0.4) is 0 Å². The van der Waals surface area contributed by atoms with Crippen LogP contribution in [0.5, 0.6) is 11.5 Å². The molecule has 0 aliphatic rings. The number of phenolic OH excluding ortho intramolecular Hbond substituents is 1. The van der Waals surface area contributed by atoms with Crippen LogP contribution in [-0.4, -0.2) is 60.2 Å². The Hall–Kier alpha value is -3.65. The molecule has 0 bridgehead atoms. The summed E-state index contributed by atoms with van der Waals surface area (Å²) in [5, 5.41) is 15.6. The Bertz CT molecular complexity index is 1020. The van der Waals surface area contributed by atoms with E-state index >= 15 is 0 Å². The zero-order valence-electron chi connectivity index (χ0n) is 17.9. The van der Waals surface area contributed by atoms with E-state index < -0.39 is 0 Å². The van der Waals surface area contributed by atoms with Crippen molar-refractivity contribution in [3.8, 4) is 22.8 Å². The van der Waals surface area contributed by atoms with Gasteiger partial charge >= 0.3 is 0 Å². The summed E-state index contributed by atoms with van der Waals surface area (Å²) in [6.45, 7) is 1.50. The van der Waals surface area contributed by atoms with E-state index in [4.69, 9.17) is 4.74 Å². The number of aromatic nitrogens is 2. The molecule has 31 heavy (non-hydrogen) atoms. The molecule has 162 valence electrons. The predicted octanol–water partition coefficient (Wildman–Crippen LogP) is 3.28. The minimum atomic E-state index is -0.170. The smallest absolute Gasteiger partial charge is 0.255 e. The molecule has 0 saturated heterocycles. The summed E-state index contributed by atoms with van der Waals surface area (Å²) >= 11 is 0. The molecule has 3 rings (SSSR count). The maximum absolute atomic E-state index is 12.5. The first-order valence-electron chi connectivity index (χ1n) is 9.95. The molecule has 0 atom stereocenters. The van der Waals surface area contributed by atoms with Crippen molar-refractivity contribution >= 4 is 17.4 Å². The van der Waals surface area contributed by atoms with E-state index in [1.807, 2.05) is 14.1 Å². The lowest BCUT2D eigenvalue weighted by Gasteiger charge is -2.13. The Labute approximate surface area is 181 Å². The van der Waals surface area contributed by atoms with Gasteiger partial charge in [-0.1, -0.05) is 0 Å². The number of rotatable bonds is 9. The van der Waals surface area contributed by atoms with E-state index in [0.29, 0.717) is 29.4 Å². The third-order valence-electron chi connectivity index (χ3n) is 4.58. The number of aromatic hydroxyl groups is 1. The molecule has 1 amide bonds. The van der Waals surface area contributed by atoms with Crippen LogP contribution in [0, 0.1) is 0 Å². The predicted molar refractivity (Wildman–Crippen MR) is 121 cm³/mol. The van der Waals surface area contributed by atoms with Crippen molar-refractivity contribution < 1.29 is 14.6 Å². The van der Waals surface area contributed by atoms with Gasteiger partial charge < -0.3 is 25.4 Å². The molecule has 0 spiro atoms. The van der Waals surface area contributed by atoms with Crippen molar-refractivity contribution in [2.45, 2.75) is 6.42 Å². The van der Waals surface area contributed by atoms with E-state index in [2.05, 4.69) is 25.5 Å². The molecule has 0 aliphatic carbocycles. The average molecular weight is 422 g/mol. The molecular weight excluding hydrogens is 394 g/mol. The fourth-order valence-corrected chi connectivity index (χ4v) is 2.99. The number of ether oxygens (including phenoxy) is 1. The first-order valence-corrected chi connectivity index (χ1v) is 9.95. The molecular formula is C23H27N5O3. The number of hydrogen-bond acceptors (Lipinski definition) is 7. The van der Waals surface area contributed by atoms with E-state index in [1.165, 1.54) is 7.11 Å². The van der Waals surface area contributed by atoms with Crippen LogP contribution >= 0.6 is 0 Å². The third kappa shape index (κ3) is 6.16. The van der Waals surface area contributed by atoms with Crippen LogP contribution in [-0.2, 0) is 0 Å². The van der Waals surface area contributed by atoms with Gasteiger partial charge in [0.1, 0.15) is 17.3 Å². The van der Waals surface area contributed by atoms with Crippen LogP contribution in [0.15, 0.2) is 54.9 Å². The molecule has 1 aromatic heterocycles. The highest BCUT2D eigenvalue weighted by Gasteiger charge is 2.13. The zero-order chi connectivity index (χ0) is 22.2. The van der Waals surface area contributed by atoms with Crippen molar-refractivity contribution in [2.75, 3.05) is 39.6 Å². The van der Waals surface area contributed by atoms with Gasteiger partial charge in [-0.3, -0.25) is 9.78 Å². The zero-order valence-corrected chi connectivity index (χ0v) is 17.9. The molecule has 0 aliphatic heterocycles. The first kappa shape index (κ1) is 22.0. The Balaban J connectivity index is 1.70. The van der Waals surface area contributed by atoms with Crippen molar-refractivity contribution in [3.05, 3.63) is 60.4 Å². The van der Waals surface area contributed by atoms with Gasteiger partial charge in [-0.2, -0.15) is 0 Å². The molecule has 2 aromatic carbocycles. The van der Waals surface area contributed by atoms with E-state index in [0.717, 1.165) is 24.2 Å². The Morgan fingerprint density at radius 3 is 2.61 bits per heavy atom. The summed E-state index contributed by atoms with van der Waals surface area (Å²) in [6.07, 6.45) is 4.14. The summed E-state index contributed by atoms with van der Waals surface area (Å²) in [7, 11) is 5.54. The number of anilines is 2. The number of methoxy groups -OCH3 is 1. The molecule has 8 heteroatoms. The molecule has 0 unspecified atom stereocenters. The largest absolute Gasteiger partial charge is 0.508 e. The van der Waals surface area contributed by atoms with Crippen LogP contribution in [0.4, 0.5) is 11.5 Å². The lowest BCUT2D eigenvalue weighted by Crippen LogP contribution is -2.27. The molecule has 1 heterocycles. The summed E-state index contributed by atoms with van der Waals surface area (Å²) in [5.41, 5.74) is 2.71. The number of amides is 1. The Morgan fingerprint density at radius 2 is 1.90 bits per heavy atom. The van der Waals surface area contributed by atoms with Crippen molar-refractivity contribution in [1.82, 2.24) is 20.2 Å². The summed E-state index contributed by atoms with van der Waals surface area (Å²) in [5.74, 6) is 1.04. The highest BCUT2D eigenvalue weighted by molar-refractivity contribution is 5.97. The van der Waals surface area contributed by atoms with Crippen molar-refractivity contribution in [1.29, 1.82) is 0 Å². The monoisotopic (exact) mass is 421 g/mol. The minimum Gasteiger partial charge on any atom is -0.508 e. The number of carbonyl (C=O) groups is 1. The van der Waals surface area contributed by atoms with E-state index in [1.54, 1.807) is 54.9 Å². The Morgan fingerprint density at radius 1 is 1.13 bits per heavy atom. The van der Waals surface area contributed by atoms with Crippen LogP contribution in [0.25, 0.3) is 11.3 Å². The molecule has 0 radical (unpaired) electrons. The summed E-state index contributed by atoms with van der Waals surface area (Å²) in [4.78, 5) is 23.4. The maximum atomic E-state index is 12.5. The van der Waals surface area contributed by atoms with Crippen LogP contribution in [0.2, 0.25) is 0 Å². The molecule has 0 fully saturated rings. The first-order chi connectivity index (χ1) is 15.0. The van der Waals surface area contributed by atoms with Gasteiger partial charge in [0.15, 0.2) is 0 Å².